The molecule has 1 aromatic rings. The molecule has 1 aromatic heterocycles. The fourth-order valence-corrected chi connectivity index (χ4v) is 3.10. The van der Waals surface area contributed by atoms with Gasteiger partial charge in [0, 0.05) is 24.9 Å². The molecule has 1 atom stereocenters. The molecule has 128 valence electrons. The Morgan fingerprint density at radius 1 is 1.43 bits per heavy atom. The van der Waals surface area contributed by atoms with Gasteiger partial charge in [-0.05, 0) is 62.5 Å². The summed E-state index contributed by atoms with van der Waals surface area (Å²) in [6.45, 7) is 9.36. The summed E-state index contributed by atoms with van der Waals surface area (Å²) in [5, 5.41) is 0. The van der Waals surface area contributed by atoms with E-state index in [2.05, 4.69) is 20.9 Å². The van der Waals surface area contributed by atoms with Gasteiger partial charge in [0.2, 0.25) is 0 Å². The number of nitrogens with zero attached hydrogens (tertiary/aromatic N) is 2. The molecule has 1 amide bonds. The largest absolute Gasteiger partial charge is 0.444 e. The molecule has 0 saturated carbocycles. The molecule has 2 heterocycles. The van der Waals surface area contributed by atoms with E-state index in [1.165, 1.54) is 0 Å². The van der Waals surface area contributed by atoms with Gasteiger partial charge < -0.3 is 14.4 Å². The van der Waals surface area contributed by atoms with Crippen LogP contribution in [0.3, 0.4) is 0 Å². The third kappa shape index (κ3) is 4.67. The van der Waals surface area contributed by atoms with Crippen molar-refractivity contribution in [2.45, 2.75) is 51.7 Å². The molecule has 6 heteroatoms. The molecule has 2 rings (SSSR count). The fourth-order valence-electron chi connectivity index (χ4n) is 2.86. The molecule has 0 spiro atoms. The van der Waals surface area contributed by atoms with Crippen molar-refractivity contribution in [3.63, 3.8) is 0 Å². The second-order valence-corrected chi connectivity index (χ2v) is 7.61. The third-order valence-electron chi connectivity index (χ3n) is 3.78. The highest BCUT2D eigenvalue weighted by Crippen LogP contribution is 2.36. The van der Waals surface area contributed by atoms with E-state index in [-0.39, 0.29) is 6.09 Å². The minimum atomic E-state index is -0.516. The zero-order chi connectivity index (χ0) is 17.1. The van der Waals surface area contributed by atoms with Gasteiger partial charge in [-0.3, -0.25) is 0 Å². The Labute approximate surface area is 146 Å². The molecule has 23 heavy (non-hydrogen) atoms. The van der Waals surface area contributed by atoms with Crippen molar-refractivity contribution in [2.24, 2.45) is 0 Å². The lowest BCUT2D eigenvalue weighted by atomic mass is 9.86. The van der Waals surface area contributed by atoms with Crippen LogP contribution in [0.1, 0.15) is 46.1 Å². The Bertz CT molecular complexity index is 538. The van der Waals surface area contributed by atoms with E-state index >= 15 is 0 Å². The number of ether oxygens (including phenoxy) is 2. The van der Waals surface area contributed by atoms with E-state index in [1.54, 1.807) is 4.90 Å². The maximum absolute atomic E-state index is 12.4. The highest BCUT2D eigenvalue weighted by molar-refractivity contribution is 9.10. The molecular formula is C17H25BrN2O3. The Hall–Kier alpha value is -1.14. The number of hydrogen-bond acceptors (Lipinski definition) is 4. The number of amides is 1. The Morgan fingerprint density at radius 2 is 2.17 bits per heavy atom. The van der Waals surface area contributed by atoms with Gasteiger partial charge in [0.05, 0.1) is 6.54 Å². The van der Waals surface area contributed by atoms with Crippen molar-refractivity contribution < 1.29 is 14.3 Å². The number of likely N-dealkylation sites (tertiary alicyclic amines) is 1. The van der Waals surface area contributed by atoms with Crippen LogP contribution in [0.25, 0.3) is 0 Å². The molecule has 5 nitrogen and oxygen atoms in total. The number of pyridine rings is 1. The number of rotatable bonds is 3. The molecule has 1 aliphatic rings. The second kappa shape index (κ2) is 7.18. The summed E-state index contributed by atoms with van der Waals surface area (Å²) in [5.74, 6) is 0. The van der Waals surface area contributed by atoms with Crippen molar-refractivity contribution in [1.29, 1.82) is 0 Å². The summed E-state index contributed by atoms with van der Waals surface area (Å²) in [4.78, 5) is 18.5. The van der Waals surface area contributed by atoms with Gasteiger partial charge >= 0.3 is 6.09 Å². The first-order valence-electron chi connectivity index (χ1n) is 8.00. The predicted molar refractivity (Wildman–Crippen MR) is 92.3 cm³/mol. The monoisotopic (exact) mass is 384 g/mol. The first kappa shape index (κ1) is 18.2. The van der Waals surface area contributed by atoms with Crippen LogP contribution >= 0.6 is 15.9 Å². The van der Waals surface area contributed by atoms with Crippen LogP contribution < -0.4 is 0 Å². The molecule has 0 radical (unpaired) electrons. The normalized spacial score (nSPS) is 22.0. The summed E-state index contributed by atoms with van der Waals surface area (Å²) in [6.07, 6.45) is 3.27. The minimum Gasteiger partial charge on any atom is -0.444 e. The van der Waals surface area contributed by atoms with E-state index in [0.717, 1.165) is 23.0 Å². The zero-order valence-corrected chi connectivity index (χ0v) is 15.9. The number of carbonyl (C=O) groups excluding carboxylic acids is 1. The van der Waals surface area contributed by atoms with Gasteiger partial charge in [0.1, 0.15) is 15.8 Å². The van der Waals surface area contributed by atoms with Crippen LogP contribution in [0.4, 0.5) is 4.79 Å². The van der Waals surface area contributed by atoms with Gasteiger partial charge in [0.25, 0.3) is 0 Å². The minimum absolute atomic E-state index is 0.286. The first-order valence-corrected chi connectivity index (χ1v) is 8.79. The van der Waals surface area contributed by atoms with Crippen LogP contribution in [0.5, 0.6) is 0 Å². The van der Waals surface area contributed by atoms with Crippen molar-refractivity contribution in [2.75, 3.05) is 19.7 Å². The molecule has 0 aliphatic carbocycles. The SMILES string of the molecule is CCO[C@]1(c2ccc(Br)nc2)CCCN(C(=O)OC(C)(C)C)C1. The lowest BCUT2D eigenvalue weighted by Crippen LogP contribution is -2.51. The lowest BCUT2D eigenvalue weighted by Gasteiger charge is -2.42. The van der Waals surface area contributed by atoms with E-state index in [0.29, 0.717) is 19.7 Å². The molecule has 0 bridgehead atoms. The molecule has 0 N–H and O–H groups in total. The van der Waals surface area contributed by atoms with Crippen LogP contribution in [0, 0.1) is 0 Å². The van der Waals surface area contributed by atoms with E-state index in [4.69, 9.17) is 9.47 Å². The van der Waals surface area contributed by atoms with Crippen molar-refractivity contribution in [1.82, 2.24) is 9.88 Å². The second-order valence-electron chi connectivity index (χ2n) is 6.80. The highest BCUT2D eigenvalue weighted by atomic mass is 79.9. The number of aromatic nitrogens is 1. The van der Waals surface area contributed by atoms with Gasteiger partial charge in [0.15, 0.2) is 0 Å². The highest BCUT2D eigenvalue weighted by Gasteiger charge is 2.40. The van der Waals surface area contributed by atoms with Gasteiger partial charge in [-0.25, -0.2) is 9.78 Å². The van der Waals surface area contributed by atoms with Gasteiger partial charge in [-0.1, -0.05) is 6.07 Å². The molecule has 1 aliphatic heterocycles. The molecular weight excluding hydrogens is 360 g/mol. The van der Waals surface area contributed by atoms with Crippen LogP contribution in [-0.2, 0) is 15.1 Å². The Kier molecular flexibility index (Phi) is 5.68. The molecule has 0 unspecified atom stereocenters. The quantitative estimate of drug-likeness (QED) is 0.735. The summed E-state index contributed by atoms with van der Waals surface area (Å²) in [6, 6.07) is 3.91. The molecule has 1 saturated heterocycles. The van der Waals surface area contributed by atoms with E-state index < -0.39 is 11.2 Å². The van der Waals surface area contributed by atoms with Gasteiger partial charge in [-0.15, -0.1) is 0 Å². The molecule has 1 fully saturated rings. The number of halogens is 1. The average molecular weight is 385 g/mol. The smallest absolute Gasteiger partial charge is 0.410 e. The predicted octanol–water partition coefficient (Wildman–Crippen LogP) is 4.11. The van der Waals surface area contributed by atoms with Crippen molar-refractivity contribution in [3.8, 4) is 0 Å². The summed E-state index contributed by atoms with van der Waals surface area (Å²) in [5.41, 5.74) is -0.0182. The Balaban J connectivity index is 2.22. The van der Waals surface area contributed by atoms with Crippen LogP contribution in [-0.4, -0.2) is 41.3 Å². The van der Waals surface area contributed by atoms with Crippen LogP contribution in [0.15, 0.2) is 22.9 Å². The first-order chi connectivity index (χ1) is 10.8. The summed E-state index contributed by atoms with van der Waals surface area (Å²) < 4.78 is 12.4. The van der Waals surface area contributed by atoms with Gasteiger partial charge in [-0.2, -0.15) is 0 Å². The van der Waals surface area contributed by atoms with E-state index in [1.807, 2.05) is 46.0 Å². The van der Waals surface area contributed by atoms with E-state index in [9.17, 15) is 4.79 Å². The zero-order valence-electron chi connectivity index (χ0n) is 14.3. The summed E-state index contributed by atoms with van der Waals surface area (Å²) in [7, 11) is 0. The Morgan fingerprint density at radius 3 is 2.74 bits per heavy atom. The standard InChI is InChI=1S/C17H25BrN2O3/c1-5-22-17(13-7-8-14(18)19-11-13)9-6-10-20(12-17)15(21)23-16(2,3)4/h7-8,11H,5-6,9-10,12H2,1-4H3/t17-/m1/s1. The average Bonchev–Trinajstić information content (AvgIpc) is 2.46. The maximum Gasteiger partial charge on any atom is 0.410 e. The molecule has 0 aromatic carbocycles. The maximum atomic E-state index is 12.4. The number of piperidine rings is 1. The number of hydrogen-bond donors (Lipinski definition) is 0. The number of carbonyl (C=O) groups is 1. The lowest BCUT2D eigenvalue weighted by molar-refractivity contribution is -0.0925. The van der Waals surface area contributed by atoms with Crippen molar-refractivity contribution in [3.05, 3.63) is 28.5 Å². The third-order valence-corrected chi connectivity index (χ3v) is 4.25. The van der Waals surface area contributed by atoms with Crippen LogP contribution in [0.2, 0.25) is 0 Å². The van der Waals surface area contributed by atoms with Crippen molar-refractivity contribution >= 4 is 22.0 Å². The fraction of sp³-hybridized carbons (Fsp3) is 0.647. The topological polar surface area (TPSA) is 51.7 Å². The summed E-state index contributed by atoms with van der Waals surface area (Å²) >= 11 is 3.36.